The van der Waals surface area contributed by atoms with E-state index in [1.807, 2.05) is 19.1 Å². The summed E-state index contributed by atoms with van der Waals surface area (Å²) in [5.41, 5.74) is 3.17. The van der Waals surface area contributed by atoms with Gasteiger partial charge in [0.2, 0.25) is 0 Å². The number of amides is 2. The quantitative estimate of drug-likeness (QED) is 0.464. The Hall–Kier alpha value is -1.78. The van der Waals surface area contributed by atoms with Crippen LogP contribution in [0.5, 0.6) is 0 Å². The van der Waals surface area contributed by atoms with E-state index in [0.717, 1.165) is 5.69 Å². The molecule has 1 rings (SSSR count). The minimum atomic E-state index is -0.301. The highest BCUT2D eigenvalue weighted by Gasteiger charge is 1.92. The van der Waals surface area contributed by atoms with Gasteiger partial charge in [-0.05, 0) is 19.1 Å². The number of nitrogens with zero attached hydrogens (tertiary/aromatic N) is 1. The van der Waals surface area contributed by atoms with Gasteiger partial charge in [-0.2, -0.15) is 5.10 Å². The lowest BCUT2D eigenvalue weighted by Crippen LogP contribution is -2.31. The van der Waals surface area contributed by atoms with Crippen molar-refractivity contribution in [1.29, 1.82) is 0 Å². The third-order valence-corrected chi connectivity index (χ3v) is 1.33. The highest BCUT2D eigenvalue weighted by molar-refractivity contribution is 5.80. The molecule has 5 heteroatoms. The predicted molar refractivity (Wildman–Crippen MR) is 50.6 cm³/mol. The first kappa shape index (κ1) is 9.31. The molecule has 0 saturated heterocycles. The average Bonchev–Trinajstić information content (AvgIpc) is 2.57. The zero-order valence-corrected chi connectivity index (χ0v) is 7.37. The molecule has 0 saturated carbocycles. The molecule has 70 valence electrons. The maximum atomic E-state index is 10.8. The summed E-state index contributed by atoms with van der Waals surface area (Å²) in [5, 5.41) is 6.27. The number of H-pyrrole nitrogens is 1. The van der Waals surface area contributed by atoms with E-state index < -0.39 is 0 Å². The number of aromatic nitrogens is 1. The second-order valence-corrected chi connectivity index (χ2v) is 2.35. The number of carbonyl (C=O) groups excluding carboxylic acids is 1. The van der Waals surface area contributed by atoms with E-state index in [4.69, 9.17) is 0 Å². The van der Waals surface area contributed by atoms with Crippen molar-refractivity contribution in [3.05, 3.63) is 24.0 Å². The van der Waals surface area contributed by atoms with Crippen molar-refractivity contribution in [1.82, 2.24) is 15.7 Å². The van der Waals surface area contributed by atoms with Crippen LogP contribution in [-0.4, -0.2) is 23.8 Å². The van der Waals surface area contributed by atoms with Crippen LogP contribution in [0.25, 0.3) is 0 Å². The second kappa shape index (κ2) is 4.97. The summed E-state index contributed by atoms with van der Waals surface area (Å²) in [6.07, 6.45) is 3.32. The predicted octanol–water partition coefficient (Wildman–Crippen LogP) is 0.668. The first-order chi connectivity index (χ1) is 6.33. The van der Waals surface area contributed by atoms with E-state index in [9.17, 15) is 4.79 Å². The molecule has 0 aliphatic carbocycles. The summed E-state index contributed by atoms with van der Waals surface area (Å²) in [4.78, 5) is 13.7. The molecule has 3 N–H and O–H groups in total. The Labute approximate surface area is 76.2 Å². The number of carbonyl (C=O) groups is 1. The molecule has 0 atom stereocenters. The van der Waals surface area contributed by atoms with E-state index in [1.54, 1.807) is 6.20 Å². The molecule has 0 fully saturated rings. The van der Waals surface area contributed by atoms with Crippen molar-refractivity contribution in [3.8, 4) is 0 Å². The largest absolute Gasteiger partial charge is 0.360 e. The Morgan fingerprint density at radius 2 is 2.62 bits per heavy atom. The van der Waals surface area contributed by atoms with Gasteiger partial charge in [-0.1, -0.05) is 0 Å². The number of rotatable bonds is 3. The SMILES string of the molecule is CCNC(=O)N/N=C/c1ccc[nH]1. The van der Waals surface area contributed by atoms with Crippen LogP contribution in [0.3, 0.4) is 0 Å². The van der Waals surface area contributed by atoms with Crippen LogP contribution in [-0.2, 0) is 0 Å². The summed E-state index contributed by atoms with van der Waals surface area (Å²) in [6.45, 7) is 2.43. The molecule has 0 aliphatic rings. The van der Waals surface area contributed by atoms with Crippen LogP contribution in [0.15, 0.2) is 23.4 Å². The molecule has 5 nitrogen and oxygen atoms in total. The molecule has 0 spiro atoms. The van der Waals surface area contributed by atoms with Gasteiger partial charge < -0.3 is 10.3 Å². The van der Waals surface area contributed by atoms with Crippen molar-refractivity contribution in [2.24, 2.45) is 5.10 Å². The molecule has 0 unspecified atom stereocenters. The number of urea groups is 1. The van der Waals surface area contributed by atoms with Gasteiger partial charge in [0.05, 0.1) is 11.9 Å². The van der Waals surface area contributed by atoms with Gasteiger partial charge in [0.25, 0.3) is 0 Å². The molecule has 0 bridgehead atoms. The van der Waals surface area contributed by atoms with Gasteiger partial charge in [-0.3, -0.25) is 0 Å². The van der Waals surface area contributed by atoms with E-state index in [0.29, 0.717) is 6.54 Å². The third kappa shape index (κ3) is 3.42. The van der Waals surface area contributed by atoms with E-state index in [2.05, 4.69) is 20.8 Å². The molecule has 1 aromatic heterocycles. The third-order valence-electron chi connectivity index (χ3n) is 1.33. The standard InChI is InChI=1S/C8H12N4O/c1-2-9-8(13)12-11-6-7-4-3-5-10-7/h3-6,10H,2H2,1H3,(H2,9,12,13)/b11-6+. The fourth-order valence-corrected chi connectivity index (χ4v) is 0.785. The van der Waals surface area contributed by atoms with Crippen molar-refractivity contribution >= 4 is 12.2 Å². The normalized spacial score (nSPS) is 10.2. The molecule has 0 radical (unpaired) electrons. The van der Waals surface area contributed by atoms with Crippen LogP contribution in [0, 0.1) is 0 Å². The number of hydrogen-bond donors (Lipinski definition) is 3. The monoisotopic (exact) mass is 180 g/mol. The lowest BCUT2D eigenvalue weighted by atomic mass is 10.5. The smallest absolute Gasteiger partial charge is 0.335 e. The molecular formula is C8H12N4O. The van der Waals surface area contributed by atoms with Gasteiger partial charge in [0, 0.05) is 12.7 Å². The Morgan fingerprint density at radius 1 is 1.77 bits per heavy atom. The van der Waals surface area contributed by atoms with Gasteiger partial charge in [0.15, 0.2) is 0 Å². The maximum absolute atomic E-state index is 10.8. The van der Waals surface area contributed by atoms with Crippen LogP contribution < -0.4 is 10.7 Å². The molecule has 0 aliphatic heterocycles. The highest BCUT2D eigenvalue weighted by atomic mass is 16.2. The van der Waals surface area contributed by atoms with Crippen LogP contribution in [0.2, 0.25) is 0 Å². The lowest BCUT2D eigenvalue weighted by Gasteiger charge is -1.97. The number of hydrazone groups is 1. The number of aromatic amines is 1. The Morgan fingerprint density at radius 3 is 3.23 bits per heavy atom. The summed E-state index contributed by atoms with van der Waals surface area (Å²) in [7, 11) is 0. The van der Waals surface area contributed by atoms with E-state index >= 15 is 0 Å². The van der Waals surface area contributed by atoms with Crippen LogP contribution >= 0.6 is 0 Å². The van der Waals surface area contributed by atoms with Crippen molar-refractivity contribution in [2.45, 2.75) is 6.92 Å². The van der Waals surface area contributed by atoms with Gasteiger partial charge in [-0.25, -0.2) is 10.2 Å². The first-order valence-electron chi connectivity index (χ1n) is 4.03. The minimum Gasteiger partial charge on any atom is -0.360 e. The van der Waals surface area contributed by atoms with Crippen molar-refractivity contribution in [3.63, 3.8) is 0 Å². The Bertz CT molecular complexity index is 278. The maximum Gasteiger partial charge on any atom is 0.335 e. The Kier molecular flexibility index (Phi) is 3.56. The van der Waals surface area contributed by atoms with Gasteiger partial charge >= 0.3 is 6.03 Å². The van der Waals surface area contributed by atoms with Crippen molar-refractivity contribution in [2.75, 3.05) is 6.54 Å². The van der Waals surface area contributed by atoms with E-state index in [-0.39, 0.29) is 6.03 Å². The summed E-state index contributed by atoms with van der Waals surface area (Å²) < 4.78 is 0. The number of hydrogen-bond acceptors (Lipinski definition) is 2. The Balaban J connectivity index is 2.30. The zero-order chi connectivity index (χ0) is 9.52. The fourth-order valence-electron chi connectivity index (χ4n) is 0.785. The number of nitrogens with one attached hydrogen (secondary N) is 3. The molecular weight excluding hydrogens is 168 g/mol. The summed E-state index contributed by atoms with van der Waals surface area (Å²) >= 11 is 0. The average molecular weight is 180 g/mol. The van der Waals surface area contributed by atoms with E-state index in [1.165, 1.54) is 6.21 Å². The molecule has 13 heavy (non-hydrogen) atoms. The van der Waals surface area contributed by atoms with Gasteiger partial charge in [0.1, 0.15) is 0 Å². The summed E-state index contributed by atoms with van der Waals surface area (Å²) in [6, 6.07) is 3.40. The minimum absolute atomic E-state index is 0.301. The molecule has 1 heterocycles. The lowest BCUT2D eigenvalue weighted by molar-refractivity contribution is 0.242. The molecule has 2 amide bonds. The van der Waals surface area contributed by atoms with Crippen LogP contribution in [0.4, 0.5) is 4.79 Å². The van der Waals surface area contributed by atoms with Gasteiger partial charge in [-0.15, -0.1) is 0 Å². The highest BCUT2D eigenvalue weighted by Crippen LogP contribution is 1.87. The second-order valence-electron chi connectivity index (χ2n) is 2.35. The molecule has 1 aromatic rings. The topological polar surface area (TPSA) is 69.3 Å². The zero-order valence-electron chi connectivity index (χ0n) is 7.37. The van der Waals surface area contributed by atoms with Crippen molar-refractivity contribution < 1.29 is 4.79 Å². The molecule has 0 aromatic carbocycles. The summed E-state index contributed by atoms with van der Waals surface area (Å²) in [5.74, 6) is 0. The van der Waals surface area contributed by atoms with Crippen LogP contribution in [0.1, 0.15) is 12.6 Å². The fraction of sp³-hybridized carbons (Fsp3) is 0.250. The first-order valence-corrected chi connectivity index (χ1v) is 4.03.